The summed E-state index contributed by atoms with van der Waals surface area (Å²) < 4.78 is 2.06. The summed E-state index contributed by atoms with van der Waals surface area (Å²) in [7, 11) is 0. The van der Waals surface area contributed by atoms with Gasteiger partial charge >= 0.3 is 0 Å². The SMILES string of the molecule is Brc1ccc(NCI)cc1. The van der Waals surface area contributed by atoms with Crippen LogP contribution in [0.2, 0.25) is 0 Å². The van der Waals surface area contributed by atoms with Crippen LogP contribution in [0, 0.1) is 0 Å². The van der Waals surface area contributed by atoms with Crippen LogP contribution in [0.5, 0.6) is 0 Å². The Morgan fingerprint density at radius 1 is 1.30 bits per heavy atom. The third kappa shape index (κ3) is 2.46. The van der Waals surface area contributed by atoms with Gasteiger partial charge in [-0.1, -0.05) is 38.5 Å². The van der Waals surface area contributed by atoms with Crippen molar-refractivity contribution in [2.24, 2.45) is 0 Å². The Kier molecular flexibility index (Phi) is 3.48. The van der Waals surface area contributed by atoms with Crippen LogP contribution in [0.15, 0.2) is 28.7 Å². The van der Waals surface area contributed by atoms with Crippen molar-refractivity contribution in [1.82, 2.24) is 0 Å². The van der Waals surface area contributed by atoms with E-state index in [2.05, 4.69) is 43.8 Å². The first-order valence-corrected chi connectivity index (χ1v) is 5.20. The Bertz CT molecular complexity index is 197. The van der Waals surface area contributed by atoms with Gasteiger partial charge in [-0.25, -0.2) is 0 Å². The molecule has 0 bridgehead atoms. The molecule has 1 rings (SSSR count). The van der Waals surface area contributed by atoms with Crippen molar-refractivity contribution in [3.63, 3.8) is 0 Å². The van der Waals surface area contributed by atoms with Gasteiger partial charge in [0.15, 0.2) is 0 Å². The minimum Gasteiger partial charge on any atom is -0.376 e. The highest BCUT2D eigenvalue weighted by Crippen LogP contribution is 2.13. The molecule has 10 heavy (non-hydrogen) atoms. The van der Waals surface area contributed by atoms with Crippen LogP contribution in [-0.4, -0.2) is 4.55 Å². The van der Waals surface area contributed by atoms with E-state index >= 15 is 0 Å². The largest absolute Gasteiger partial charge is 0.376 e. The number of nitrogens with one attached hydrogen (secondary N) is 1. The average molecular weight is 312 g/mol. The quantitative estimate of drug-likeness (QED) is 0.502. The van der Waals surface area contributed by atoms with Gasteiger partial charge in [0.2, 0.25) is 0 Å². The van der Waals surface area contributed by atoms with E-state index in [1.807, 2.05) is 24.3 Å². The second-order valence-electron chi connectivity index (χ2n) is 1.82. The second kappa shape index (κ2) is 4.18. The molecule has 1 N–H and O–H groups in total. The van der Waals surface area contributed by atoms with E-state index in [0.717, 1.165) is 14.7 Å². The normalized spacial score (nSPS) is 9.40. The predicted molar refractivity (Wildman–Crippen MR) is 56.7 cm³/mol. The fourth-order valence-electron chi connectivity index (χ4n) is 0.645. The fourth-order valence-corrected chi connectivity index (χ4v) is 1.35. The highest BCUT2D eigenvalue weighted by Gasteiger charge is 1.87. The summed E-state index contributed by atoms with van der Waals surface area (Å²) in [5, 5.41) is 3.20. The lowest BCUT2D eigenvalue weighted by atomic mass is 10.3. The van der Waals surface area contributed by atoms with Gasteiger partial charge in [-0.15, -0.1) is 0 Å². The van der Waals surface area contributed by atoms with Crippen LogP contribution in [0.4, 0.5) is 5.69 Å². The number of alkyl halides is 1. The molecule has 0 saturated heterocycles. The summed E-state index contributed by atoms with van der Waals surface area (Å²) >= 11 is 5.64. The maximum Gasteiger partial charge on any atom is 0.0670 e. The van der Waals surface area contributed by atoms with Crippen LogP contribution in [0.1, 0.15) is 0 Å². The average Bonchev–Trinajstić information content (AvgIpc) is 1.95. The van der Waals surface area contributed by atoms with Gasteiger partial charge in [0.25, 0.3) is 0 Å². The van der Waals surface area contributed by atoms with Crippen LogP contribution >= 0.6 is 38.5 Å². The predicted octanol–water partition coefficient (Wildman–Crippen LogP) is 3.25. The first-order chi connectivity index (χ1) is 4.83. The van der Waals surface area contributed by atoms with Crippen LogP contribution in [0.25, 0.3) is 0 Å². The number of hydrogen-bond acceptors (Lipinski definition) is 1. The second-order valence-corrected chi connectivity index (χ2v) is 3.50. The maximum atomic E-state index is 3.37. The van der Waals surface area contributed by atoms with Crippen LogP contribution < -0.4 is 5.32 Å². The highest BCUT2D eigenvalue weighted by atomic mass is 127. The maximum absolute atomic E-state index is 3.37. The third-order valence-electron chi connectivity index (χ3n) is 1.12. The van der Waals surface area contributed by atoms with Crippen molar-refractivity contribution in [2.75, 3.05) is 9.87 Å². The van der Waals surface area contributed by atoms with Crippen molar-refractivity contribution < 1.29 is 0 Å². The van der Waals surface area contributed by atoms with Gasteiger partial charge in [-0.3, -0.25) is 0 Å². The summed E-state index contributed by atoms with van der Waals surface area (Å²) in [6.07, 6.45) is 0. The Morgan fingerprint density at radius 3 is 2.40 bits per heavy atom. The summed E-state index contributed by atoms with van der Waals surface area (Å²) in [6.45, 7) is 0. The van der Waals surface area contributed by atoms with E-state index in [9.17, 15) is 0 Å². The van der Waals surface area contributed by atoms with Gasteiger partial charge < -0.3 is 5.32 Å². The zero-order valence-electron chi connectivity index (χ0n) is 5.27. The minimum absolute atomic E-state index is 0.944. The van der Waals surface area contributed by atoms with Crippen molar-refractivity contribution in [3.05, 3.63) is 28.7 Å². The summed E-state index contributed by atoms with van der Waals surface area (Å²) in [5.74, 6) is 0. The number of hydrogen-bond donors (Lipinski definition) is 1. The first-order valence-electron chi connectivity index (χ1n) is 2.88. The summed E-state index contributed by atoms with van der Waals surface area (Å²) in [6, 6.07) is 8.13. The van der Waals surface area contributed by atoms with Crippen LogP contribution in [-0.2, 0) is 0 Å². The zero-order chi connectivity index (χ0) is 7.40. The van der Waals surface area contributed by atoms with Crippen molar-refractivity contribution in [1.29, 1.82) is 0 Å². The zero-order valence-corrected chi connectivity index (χ0v) is 9.02. The molecule has 1 nitrogen and oxygen atoms in total. The number of rotatable bonds is 2. The van der Waals surface area contributed by atoms with E-state index in [1.165, 1.54) is 0 Å². The Morgan fingerprint density at radius 2 is 1.90 bits per heavy atom. The Labute approximate surface area is 82.5 Å². The molecule has 0 spiro atoms. The molecule has 1 aromatic rings. The molecule has 0 amide bonds. The molecule has 0 radical (unpaired) electrons. The molecule has 0 aliphatic heterocycles. The van der Waals surface area contributed by atoms with Crippen molar-refractivity contribution in [2.45, 2.75) is 0 Å². The molecule has 0 aliphatic carbocycles. The number of benzene rings is 1. The molecule has 0 aliphatic rings. The summed E-state index contributed by atoms with van der Waals surface area (Å²) in [5.41, 5.74) is 1.16. The van der Waals surface area contributed by atoms with Gasteiger partial charge in [0.1, 0.15) is 0 Å². The molecule has 0 atom stereocenters. The summed E-state index contributed by atoms with van der Waals surface area (Å²) in [4.78, 5) is 0. The topological polar surface area (TPSA) is 12.0 Å². The van der Waals surface area contributed by atoms with E-state index in [4.69, 9.17) is 0 Å². The Hall–Kier alpha value is 0.230. The van der Waals surface area contributed by atoms with E-state index in [1.54, 1.807) is 0 Å². The fraction of sp³-hybridized carbons (Fsp3) is 0.143. The van der Waals surface area contributed by atoms with Gasteiger partial charge in [0, 0.05) is 10.2 Å². The smallest absolute Gasteiger partial charge is 0.0670 e. The number of halogens is 2. The molecule has 54 valence electrons. The third-order valence-corrected chi connectivity index (χ3v) is 2.03. The molecule has 1 aromatic carbocycles. The van der Waals surface area contributed by atoms with Crippen molar-refractivity contribution >= 4 is 44.2 Å². The molecule has 0 aromatic heterocycles. The molecular formula is C7H7BrIN. The molecule has 0 heterocycles. The molecular weight excluding hydrogens is 305 g/mol. The lowest BCUT2D eigenvalue weighted by Crippen LogP contribution is -1.91. The number of anilines is 1. The molecule has 0 saturated carbocycles. The molecule has 0 unspecified atom stereocenters. The van der Waals surface area contributed by atoms with Crippen molar-refractivity contribution in [3.8, 4) is 0 Å². The molecule has 0 fully saturated rings. The van der Waals surface area contributed by atoms with Gasteiger partial charge in [0.05, 0.1) is 4.55 Å². The Balaban J connectivity index is 2.69. The van der Waals surface area contributed by atoms with Crippen LogP contribution in [0.3, 0.4) is 0 Å². The van der Waals surface area contributed by atoms with Gasteiger partial charge in [-0.2, -0.15) is 0 Å². The molecule has 3 heteroatoms. The van der Waals surface area contributed by atoms with Gasteiger partial charge in [-0.05, 0) is 24.3 Å². The lowest BCUT2D eigenvalue weighted by molar-refractivity contribution is 1.48. The minimum atomic E-state index is 0.944. The standard InChI is InChI=1S/C7H7BrIN/c8-6-1-3-7(4-2-6)10-5-9/h1-4,10H,5H2. The first kappa shape index (κ1) is 8.33. The van der Waals surface area contributed by atoms with E-state index in [-0.39, 0.29) is 0 Å². The lowest BCUT2D eigenvalue weighted by Gasteiger charge is -1.99. The monoisotopic (exact) mass is 311 g/mol. The van der Waals surface area contributed by atoms with E-state index < -0.39 is 0 Å². The highest BCUT2D eigenvalue weighted by molar-refractivity contribution is 14.1. The van der Waals surface area contributed by atoms with E-state index in [0.29, 0.717) is 0 Å².